The number of benzene rings is 3. The Labute approximate surface area is 202 Å². The molecule has 0 aromatic heterocycles. The lowest BCUT2D eigenvalue weighted by Gasteiger charge is -2.33. The van der Waals surface area contributed by atoms with Crippen molar-refractivity contribution in [1.29, 1.82) is 0 Å². The van der Waals surface area contributed by atoms with Crippen LogP contribution >= 0.6 is 0 Å². The van der Waals surface area contributed by atoms with E-state index in [4.69, 9.17) is 0 Å². The van der Waals surface area contributed by atoms with Crippen molar-refractivity contribution in [3.05, 3.63) is 102 Å². The third-order valence-electron chi connectivity index (χ3n) is 7.88. The van der Waals surface area contributed by atoms with Gasteiger partial charge in [-0.15, -0.1) is 0 Å². The lowest BCUT2D eigenvalue weighted by molar-refractivity contribution is -0.123. The Morgan fingerprint density at radius 3 is 2.12 bits per heavy atom. The van der Waals surface area contributed by atoms with Crippen molar-refractivity contribution >= 4 is 5.91 Å². The maximum atomic E-state index is 13.0. The highest BCUT2D eigenvalue weighted by molar-refractivity contribution is 5.82. The van der Waals surface area contributed by atoms with Gasteiger partial charge in [-0.2, -0.15) is 0 Å². The Balaban J connectivity index is 1.12. The minimum atomic E-state index is 0.159. The molecule has 0 bridgehead atoms. The smallest absolute Gasteiger partial charge is 0.223 e. The number of phenolic OH excluding ortho intramolecular Hbond substituents is 1. The molecule has 3 aromatic carbocycles. The Hall–Kier alpha value is -3.11. The van der Waals surface area contributed by atoms with E-state index in [0.717, 1.165) is 50.9 Å². The first-order chi connectivity index (χ1) is 16.6. The molecule has 176 valence electrons. The number of amides is 1. The standard InChI is InChI=1S/C30H34N2O2/c33-28-14-8-7-13-25(28)22-32-19-16-30(17-20-32)21-27(30)29(34)31-18-15-26(23-9-3-1-4-10-23)24-11-5-2-6-12-24/h1-14,26-27,33H,15-22H2,(H,31,34)/t27-/m1/s1. The van der Waals surface area contributed by atoms with Crippen LogP contribution in [0.3, 0.4) is 0 Å². The number of para-hydroxylation sites is 1. The van der Waals surface area contributed by atoms with E-state index in [2.05, 4.69) is 58.7 Å². The molecular weight excluding hydrogens is 420 g/mol. The average Bonchev–Trinajstić information content (AvgIpc) is 3.59. The van der Waals surface area contributed by atoms with Gasteiger partial charge in [-0.25, -0.2) is 0 Å². The van der Waals surface area contributed by atoms with Crippen molar-refractivity contribution in [2.45, 2.75) is 38.1 Å². The lowest BCUT2D eigenvalue weighted by atomic mass is 9.88. The Morgan fingerprint density at radius 2 is 1.50 bits per heavy atom. The highest BCUT2D eigenvalue weighted by Gasteiger charge is 2.58. The molecule has 3 aromatic rings. The van der Waals surface area contributed by atoms with Gasteiger partial charge in [-0.1, -0.05) is 78.9 Å². The fraction of sp³-hybridized carbons (Fsp3) is 0.367. The average molecular weight is 455 g/mol. The van der Waals surface area contributed by atoms with E-state index < -0.39 is 0 Å². The van der Waals surface area contributed by atoms with Gasteiger partial charge in [0.15, 0.2) is 0 Å². The molecule has 1 spiro atoms. The molecule has 2 N–H and O–H groups in total. The molecule has 5 rings (SSSR count). The molecule has 1 atom stereocenters. The molecule has 2 fully saturated rings. The summed E-state index contributed by atoms with van der Waals surface area (Å²) in [7, 11) is 0. The number of hydrogen-bond acceptors (Lipinski definition) is 3. The van der Waals surface area contributed by atoms with Crippen molar-refractivity contribution in [3.63, 3.8) is 0 Å². The number of carbonyl (C=O) groups excluding carboxylic acids is 1. The number of carbonyl (C=O) groups is 1. The van der Waals surface area contributed by atoms with E-state index in [0.29, 0.717) is 12.3 Å². The van der Waals surface area contributed by atoms with Gasteiger partial charge in [0.1, 0.15) is 5.75 Å². The number of nitrogens with one attached hydrogen (secondary N) is 1. The second-order valence-electron chi connectivity index (χ2n) is 9.98. The lowest BCUT2D eigenvalue weighted by Crippen LogP contribution is -2.37. The SMILES string of the molecule is O=C(NCCC(c1ccccc1)c1ccccc1)[C@H]1CC12CCN(Cc1ccccc1O)CC2. The van der Waals surface area contributed by atoms with E-state index in [1.807, 2.05) is 30.3 Å². The molecule has 34 heavy (non-hydrogen) atoms. The van der Waals surface area contributed by atoms with Gasteiger partial charge in [-0.3, -0.25) is 9.69 Å². The molecule has 0 unspecified atom stereocenters. The van der Waals surface area contributed by atoms with Crippen molar-refractivity contribution < 1.29 is 9.90 Å². The van der Waals surface area contributed by atoms with Crippen molar-refractivity contribution in [3.8, 4) is 5.75 Å². The summed E-state index contributed by atoms with van der Waals surface area (Å²) in [5.74, 6) is 1.05. The number of aromatic hydroxyl groups is 1. The quantitative estimate of drug-likeness (QED) is 0.484. The number of piperidine rings is 1. The Morgan fingerprint density at radius 1 is 0.912 bits per heavy atom. The fourth-order valence-corrected chi connectivity index (χ4v) is 5.67. The number of phenols is 1. The normalized spacial score (nSPS) is 19.3. The number of nitrogens with zero attached hydrogens (tertiary/aromatic N) is 1. The van der Waals surface area contributed by atoms with Crippen LogP contribution in [0, 0.1) is 11.3 Å². The van der Waals surface area contributed by atoms with Crippen LogP contribution in [0.5, 0.6) is 5.75 Å². The van der Waals surface area contributed by atoms with Crippen LogP contribution < -0.4 is 5.32 Å². The zero-order chi connectivity index (χ0) is 23.4. The summed E-state index contributed by atoms with van der Waals surface area (Å²) >= 11 is 0. The van der Waals surface area contributed by atoms with Gasteiger partial charge < -0.3 is 10.4 Å². The molecular formula is C30H34N2O2. The number of hydrogen-bond donors (Lipinski definition) is 2. The monoisotopic (exact) mass is 454 g/mol. The molecule has 1 saturated heterocycles. The highest BCUT2D eigenvalue weighted by Crippen LogP contribution is 2.59. The maximum absolute atomic E-state index is 13.0. The van der Waals surface area contributed by atoms with Crippen LogP contribution in [0.15, 0.2) is 84.9 Å². The fourth-order valence-electron chi connectivity index (χ4n) is 5.67. The van der Waals surface area contributed by atoms with Crippen LogP contribution in [0.2, 0.25) is 0 Å². The van der Waals surface area contributed by atoms with E-state index in [-0.39, 0.29) is 23.2 Å². The van der Waals surface area contributed by atoms with Crippen molar-refractivity contribution in [2.75, 3.05) is 19.6 Å². The second-order valence-corrected chi connectivity index (χ2v) is 9.98. The van der Waals surface area contributed by atoms with Gasteiger partial charge in [-0.05, 0) is 61.4 Å². The first-order valence-electron chi connectivity index (χ1n) is 12.5. The van der Waals surface area contributed by atoms with E-state index in [1.165, 1.54) is 11.1 Å². The van der Waals surface area contributed by atoms with Gasteiger partial charge in [0.25, 0.3) is 0 Å². The molecule has 1 amide bonds. The summed E-state index contributed by atoms with van der Waals surface area (Å²) in [5.41, 5.74) is 3.76. The summed E-state index contributed by atoms with van der Waals surface area (Å²) in [6, 6.07) is 28.7. The van der Waals surface area contributed by atoms with Gasteiger partial charge in [0.2, 0.25) is 5.91 Å². The molecule has 1 saturated carbocycles. The zero-order valence-corrected chi connectivity index (χ0v) is 19.7. The summed E-state index contributed by atoms with van der Waals surface area (Å²) in [4.78, 5) is 15.4. The molecule has 4 heteroatoms. The second kappa shape index (κ2) is 10.0. The largest absolute Gasteiger partial charge is 0.508 e. The maximum Gasteiger partial charge on any atom is 0.223 e. The van der Waals surface area contributed by atoms with Crippen LogP contribution in [0.4, 0.5) is 0 Å². The third kappa shape index (κ3) is 5.02. The molecule has 1 heterocycles. The van der Waals surface area contributed by atoms with Crippen molar-refractivity contribution in [2.24, 2.45) is 11.3 Å². The van der Waals surface area contributed by atoms with Crippen LogP contribution in [-0.4, -0.2) is 35.5 Å². The Bertz CT molecular complexity index is 1050. The number of likely N-dealkylation sites (tertiary alicyclic amines) is 1. The Kier molecular flexibility index (Phi) is 6.68. The summed E-state index contributed by atoms with van der Waals surface area (Å²) in [5, 5.41) is 13.3. The van der Waals surface area contributed by atoms with E-state index >= 15 is 0 Å². The topological polar surface area (TPSA) is 52.6 Å². The van der Waals surface area contributed by atoms with Crippen LogP contribution in [0.1, 0.15) is 48.3 Å². The minimum absolute atomic E-state index is 0.159. The van der Waals surface area contributed by atoms with Crippen LogP contribution in [-0.2, 0) is 11.3 Å². The first kappa shape index (κ1) is 22.7. The van der Waals surface area contributed by atoms with Gasteiger partial charge >= 0.3 is 0 Å². The van der Waals surface area contributed by atoms with Gasteiger partial charge in [0, 0.05) is 30.5 Å². The third-order valence-corrected chi connectivity index (χ3v) is 7.88. The van der Waals surface area contributed by atoms with E-state index in [1.54, 1.807) is 6.07 Å². The predicted molar refractivity (Wildman–Crippen MR) is 136 cm³/mol. The molecule has 1 aliphatic carbocycles. The summed E-state index contributed by atoms with van der Waals surface area (Å²) in [6.45, 7) is 3.45. The predicted octanol–water partition coefficient (Wildman–Crippen LogP) is 5.33. The summed E-state index contributed by atoms with van der Waals surface area (Å²) in [6.07, 6.45) is 4.04. The summed E-state index contributed by atoms with van der Waals surface area (Å²) < 4.78 is 0. The molecule has 1 aliphatic heterocycles. The van der Waals surface area contributed by atoms with Crippen LogP contribution in [0.25, 0.3) is 0 Å². The number of rotatable bonds is 8. The minimum Gasteiger partial charge on any atom is -0.508 e. The molecule has 2 aliphatic rings. The zero-order valence-electron chi connectivity index (χ0n) is 19.7. The molecule has 4 nitrogen and oxygen atoms in total. The molecule has 0 radical (unpaired) electrons. The first-order valence-corrected chi connectivity index (χ1v) is 12.5. The van der Waals surface area contributed by atoms with Gasteiger partial charge in [0.05, 0.1) is 0 Å². The van der Waals surface area contributed by atoms with Crippen molar-refractivity contribution in [1.82, 2.24) is 10.2 Å². The van der Waals surface area contributed by atoms with E-state index in [9.17, 15) is 9.90 Å². The highest BCUT2D eigenvalue weighted by atomic mass is 16.3.